The van der Waals surface area contributed by atoms with E-state index in [2.05, 4.69) is 15.6 Å². The average molecular weight is 417 g/mol. The third kappa shape index (κ3) is 10.4. The number of rotatable bonds is 2. The monoisotopic (exact) mass is 417 g/mol. The van der Waals surface area contributed by atoms with E-state index < -0.39 is 35.1 Å². The van der Waals surface area contributed by atoms with E-state index in [1.54, 1.807) is 41.5 Å². The molecular weight excluding hydrogens is 391 g/mol. The smallest absolute Gasteiger partial charge is 0.416 e. The van der Waals surface area contributed by atoms with Crippen molar-refractivity contribution in [2.45, 2.75) is 65.5 Å². The maximum Gasteiger partial charge on any atom is 0.416 e. The second-order valence-corrected chi connectivity index (χ2v) is 8.12. The van der Waals surface area contributed by atoms with E-state index in [4.69, 9.17) is 9.47 Å². The van der Waals surface area contributed by atoms with Gasteiger partial charge in [-0.15, -0.1) is 0 Å². The maximum absolute atomic E-state index is 12.8. The second kappa shape index (κ2) is 9.15. The Balaban J connectivity index is 3.00. The van der Waals surface area contributed by atoms with Gasteiger partial charge in [0, 0.05) is 0 Å². The fraction of sp³-hybridized carbons (Fsp3) is 0.526. The number of nitrogens with zero attached hydrogens (tertiary/aromatic N) is 1. The first kappa shape index (κ1) is 24.3. The van der Waals surface area contributed by atoms with Gasteiger partial charge in [0.2, 0.25) is 5.96 Å². The molecule has 0 radical (unpaired) electrons. The SMILES string of the molecule is CC(C)(C)OC(=O)NC(=NCc1cccc(C(F)(F)F)c1)NC(=O)OC(C)(C)C. The molecule has 1 aromatic rings. The molecule has 29 heavy (non-hydrogen) atoms. The number of aliphatic imine (C=N–C) groups is 1. The lowest BCUT2D eigenvalue weighted by atomic mass is 10.1. The van der Waals surface area contributed by atoms with Crippen molar-refractivity contribution in [3.8, 4) is 0 Å². The zero-order valence-corrected chi connectivity index (χ0v) is 17.2. The van der Waals surface area contributed by atoms with Crippen LogP contribution in [0.5, 0.6) is 0 Å². The molecule has 1 aromatic carbocycles. The summed E-state index contributed by atoms with van der Waals surface area (Å²) in [5, 5.41) is 4.52. The Morgan fingerprint density at radius 3 is 1.83 bits per heavy atom. The molecular formula is C19H26F3N3O4. The standard InChI is InChI=1S/C19H26F3N3O4/c1-17(2,3)28-15(26)24-14(25-16(27)29-18(4,5)6)23-11-12-8-7-9-13(10-12)19(20,21)22/h7-10H,11H2,1-6H3,(H2,23,24,25,26,27). The van der Waals surface area contributed by atoms with E-state index in [9.17, 15) is 22.8 Å². The largest absolute Gasteiger partial charge is 0.444 e. The zero-order chi connectivity index (χ0) is 22.5. The lowest BCUT2D eigenvalue weighted by molar-refractivity contribution is -0.137. The number of benzene rings is 1. The summed E-state index contributed by atoms with van der Waals surface area (Å²) in [6, 6.07) is 4.56. The van der Waals surface area contributed by atoms with Crippen LogP contribution in [0, 0.1) is 0 Å². The molecule has 0 aliphatic rings. The summed E-state index contributed by atoms with van der Waals surface area (Å²) < 4.78 is 48.7. The molecule has 2 N–H and O–H groups in total. The van der Waals surface area contributed by atoms with Gasteiger partial charge in [0.1, 0.15) is 11.2 Å². The van der Waals surface area contributed by atoms with Crippen molar-refractivity contribution in [3.05, 3.63) is 35.4 Å². The van der Waals surface area contributed by atoms with Gasteiger partial charge in [-0.3, -0.25) is 10.6 Å². The summed E-state index contributed by atoms with van der Waals surface area (Å²) in [6.45, 7) is 9.65. The van der Waals surface area contributed by atoms with Crippen molar-refractivity contribution >= 4 is 18.1 Å². The molecule has 1 rings (SSSR count). The molecule has 0 fully saturated rings. The predicted octanol–water partition coefficient (Wildman–Crippen LogP) is 4.61. The normalized spacial score (nSPS) is 12.0. The van der Waals surface area contributed by atoms with Crippen LogP contribution in [0.2, 0.25) is 0 Å². The minimum absolute atomic E-state index is 0.231. The van der Waals surface area contributed by atoms with Crippen molar-refractivity contribution in [2.24, 2.45) is 4.99 Å². The second-order valence-electron chi connectivity index (χ2n) is 8.12. The van der Waals surface area contributed by atoms with Gasteiger partial charge in [0.05, 0.1) is 12.1 Å². The van der Waals surface area contributed by atoms with Crippen molar-refractivity contribution in [2.75, 3.05) is 0 Å². The van der Waals surface area contributed by atoms with Gasteiger partial charge in [-0.25, -0.2) is 14.6 Å². The number of alkyl carbamates (subject to hydrolysis) is 2. The Bertz CT molecular complexity index is 731. The lowest BCUT2D eigenvalue weighted by Crippen LogP contribution is -2.47. The molecule has 0 saturated carbocycles. The first-order valence-electron chi connectivity index (χ1n) is 8.76. The zero-order valence-electron chi connectivity index (χ0n) is 17.2. The third-order valence-corrected chi connectivity index (χ3v) is 2.91. The summed E-state index contributed by atoms with van der Waals surface area (Å²) in [7, 11) is 0. The minimum atomic E-state index is -4.49. The van der Waals surface area contributed by atoms with E-state index in [-0.39, 0.29) is 18.1 Å². The molecule has 0 bridgehead atoms. The molecule has 0 heterocycles. The van der Waals surface area contributed by atoms with Crippen LogP contribution in [0.15, 0.2) is 29.3 Å². The van der Waals surface area contributed by atoms with E-state index in [0.717, 1.165) is 12.1 Å². The number of ether oxygens (including phenoxy) is 2. The minimum Gasteiger partial charge on any atom is -0.444 e. The Morgan fingerprint density at radius 1 is 0.931 bits per heavy atom. The molecule has 2 amide bonds. The van der Waals surface area contributed by atoms with Gasteiger partial charge < -0.3 is 9.47 Å². The Kier molecular flexibility index (Phi) is 7.65. The number of amides is 2. The van der Waals surface area contributed by atoms with Crippen LogP contribution in [0.3, 0.4) is 0 Å². The van der Waals surface area contributed by atoms with E-state index >= 15 is 0 Å². The summed E-state index contributed by atoms with van der Waals surface area (Å²) in [5.41, 5.74) is -2.20. The van der Waals surface area contributed by atoms with Crippen LogP contribution in [-0.4, -0.2) is 29.3 Å². The summed E-state index contributed by atoms with van der Waals surface area (Å²) >= 11 is 0. The summed E-state index contributed by atoms with van der Waals surface area (Å²) in [5.74, 6) is -0.314. The molecule has 0 atom stereocenters. The highest BCUT2D eigenvalue weighted by atomic mass is 19.4. The molecule has 0 spiro atoms. The van der Waals surface area contributed by atoms with Gasteiger partial charge in [-0.05, 0) is 59.2 Å². The molecule has 0 aliphatic carbocycles. The molecule has 0 aliphatic heterocycles. The highest BCUT2D eigenvalue weighted by molar-refractivity contribution is 6.01. The summed E-state index contributed by atoms with van der Waals surface area (Å²) in [4.78, 5) is 27.9. The molecule has 0 aromatic heterocycles. The highest BCUT2D eigenvalue weighted by Gasteiger charge is 2.30. The fourth-order valence-electron chi connectivity index (χ4n) is 1.93. The van der Waals surface area contributed by atoms with E-state index in [0.29, 0.717) is 0 Å². The van der Waals surface area contributed by atoms with Gasteiger partial charge in [-0.1, -0.05) is 12.1 Å². The van der Waals surface area contributed by atoms with Gasteiger partial charge in [-0.2, -0.15) is 13.2 Å². The van der Waals surface area contributed by atoms with Crippen LogP contribution >= 0.6 is 0 Å². The average Bonchev–Trinajstić information content (AvgIpc) is 2.48. The first-order chi connectivity index (χ1) is 13.0. The third-order valence-electron chi connectivity index (χ3n) is 2.91. The van der Waals surface area contributed by atoms with Gasteiger partial charge in [0.25, 0.3) is 0 Å². The van der Waals surface area contributed by atoms with Crippen molar-refractivity contribution in [3.63, 3.8) is 0 Å². The topological polar surface area (TPSA) is 89.0 Å². The number of guanidine groups is 1. The number of nitrogens with one attached hydrogen (secondary N) is 2. The molecule has 0 saturated heterocycles. The molecule has 162 valence electrons. The highest BCUT2D eigenvalue weighted by Crippen LogP contribution is 2.29. The fourth-order valence-corrected chi connectivity index (χ4v) is 1.93. The Hall–Kier alpha value is -2.78. The van der Waals surface area contributed by atoms with Crippen molar-refractivity contribution in [1.29, 1.82) is 0 Å². The number of halogens is 3. The Labute approximate surface area is 167 Å². The van der Waals surface area contributed by atoms with Crippen LogP contribution in [0.25, 0.3) is 0 Å². The maximum atomic E-state index is 12.8. The lowest BCUT2D eigenvalue weighted by Gasteiger charge is -2.22. The number of carbonyl (C=O) groups excluding carboxylic acids is 2. The van der Waals surface area contributed by atoms with Gasteiger partial charge in [0.15, 0.2) is 0 Å². The molecule has 10 heteroatoms. The van der Waals surface area contributed by atoms with Crippen LogP contribution in [-0.2, 0) is 22.2 Å². The molecule has 0 unspecified atom stereocenters. The Morgan fingerprint density at radius 2 is 1.41 bits per heavy atom. The van der Waals surface area contributed by atoms with Crippen LogP contribution in [0.1, 0.15) is 52.7 Å². The number of hydrogen-bond acceptors (Lipinski definition) is 5. The molecule has 7 nitrogen and oxygen atoms in total. The number of alkyl halides is 3. The predicted molar refractivity (Wildman–Crippen MR) is 101 cm³/mol. The van der Waals surface area contributed by atoms with E-state index in [1.807, 2.05) is 0 Å². The van der Waals surface area contributed by atoms with Crippen molar-refractivity contribution in [1.82, 2.24) is 10.6 Å². The first-order valence-corrected chi connectivity index (χ1v) is 8.76. The van der Waals surface area contributed by atoms with Crippen LogP contribution < -0.4 is 10.6 Å². The number of hydrogen-bond donors (Lipinski definition) is 2. The van der Waals surface area contributed by atoms with Crippen LogP contribution in [0.4, 0.5) is 22.8 Å². The van der Waals surface area contributed by atoms with E-state index in [1.165, 1.54) is 12.1 Å². The number of carbonyl (C=O) groups is 2. The van der Waals surface area contributed by atoms with Crippen molar-refractivity contribution < 1.29 is 32.2 Å². The summed E-state index contributed by atoms with van der Waals surface area (Å²) in [6.07, 6.45) is -6.28. The quantitative estimate of drug-likeness (QED) is 0.543. The van der Waals surface area contributed by atoms with Gasteiger partial charge >= 0.3 is 18.4 Å².